The zero-order chi connectivity index (χ0) is 14.5. The Morgan fingerprint density at radius 2 is 2.30 bits per heavy atom. The number of nitro benzene ring substituents is 1. The van der Waals surface area contributed by atoms with Crippen LogP contribution in [0, 0.1) is 15.9 Å². The fourth-order valence-corrected chi connectivity index (χ4v) is 2.64. The van der Waals surface area contributed by atoms with Gasteiger partial charge in [-0.25, -0.2) is 0 Å². The number of hydrogen-bond acceptors (Lipinski definition) is 4. The summed E-state index contributed by atoms with van der Waals surface area (Å²) in [5.74, 6) is -0.721. The van der Waals surface area contributed by atoms with Gasteiger partial charge in [-0.15, -0.1) is 0 Å². The first-order valence-electron chi connectivity index (χ1n) is 6.91. The van der Waals surface area contributed by atoms with E-state index in [1.807, 2.05) is 11.9 Å². The standard InChI is InChI=1S/C14H20FN3O2/c1-17(10-12-6-2-3-8-16-12)9-11-5-4-7-13(14(11)15)18(19)20/h4-5,7,12,16H,2-3,6,8-10H2,1H3. The van der Waals surface area contributed by atoms with E-state index in [1.54, 1.807) is 6.07 Å². The maximum absolute atomic E-state index is 14.0. The van der Waals surface area contributed by atoms with Gasteiger partial charge in [0.15, 0.2) is 0 Å². The third-order valence-electron chi connectivity index (χ3n) is 3.64. The molecule has 1 heterocycles. The van der Waals surface area contributed by atoms with Crippen LogP contribution >= 0.6 is 0 Å². The Morgan fingerprint density at radius 3 is 2.95 bits per heavy atom. The third-order valence-corrected chi connectivity index (χ3v) is 3.64. The second-order valence-electron chi connectivity index (χ2n) is 5.35. The van der Waals surface area contributed by atoms with Gasteiger partial charge in [0.25, 0.3) is 0 Å². The van der Waals surface area contributed by atoms with E-state index in [-0.39, 0.29) is 0 Å². The molecule has 1 aromatic rings. The quantitative estimate of drug-likeness (QED) is 0.664. The first-order valence-corrected chi connectivity index (χ1v) is 6.91. The van der Waals surface area contributed by atoms with E-state index >= 15 is 0 Å². The monoisotopic (exact) mass is 281 g/mol. The summed E-state index contributed by atoms with van der Waals surface area (Å²) >= 11 is 0. The summed E-state index contributed by atoms with van der Waals surface area (Å²) in [5.41, 5.74) is -0.0794. The Labute approximate surface area is 117 Å². The lowest BCUT2D eigenvalue weighted by Gasteiger charge is -2.28. The Hall–Kier alpha value is -1.53. The Morgan fingerprint density at radius 1 is 1.50 bits per heavy atom. The molecule has 0 saturated carbocycles. The molecule has 0 amide bonds. The average molecular weight is 281 g/mol. The molecule has 0 aliphatic carbocycles. The van der Waals surface area contributed by atoms with Crippen LogP contribution in [0.2, 0.25) is 0 Å². The molecule has 0 radical (unpaired) electrons. The highest BCUT2D eigenvalue weighted by atomic mass is 19.1. The summed E-state index contributed by atoms with van der Waals surface area (Å²) in [4.78, 5) is 12.0. The van der Waals surface area contributed by atoms with E-state index in [4.69, 9.17) is 0 Å². The zero-order valence-corrected chi connectivity index (χ0v) is 11.6. The molecule has 1 aromatic carbocycles. The highest BCUT2D eigenvalue weighted by molar-refractivity contribution is 5.36. The molecule has 5 nitrogen and oxygen atoms in total. The second kappa shape index (κ2) is 6.76. The topological polar surface area (TPSA) is 58.4 Å². The van der Waals surface area contributed by atoms with Crippen molar-refractivity contribution in [3.63, 3.8) is 0 Å². The lowest BCUT2D eigenvalue weighted by atomic mass is 10.0. The summed E-state index contributed by atoms with van der Waals surface area (Å²) in [6.07, 6.45) is 3.55. The molecule has 20 heavy (non-hydrogen) atoms. The summed E-state index contributed by atoms with van der Waals surface area (Å²) in [5, 5.41) is 14.2. The van der Waals surface area contributed by atoms with Gasteiger partial charge >= 0.3 is 5.69 Å². The summed E-state index contributed by atoms with van der Waals surface area (Å²) in [7, 11) is 1.91. The van der Waals surface area contributed by atoms with Crippen molar-refractivity contribution in [2.24, 2.45) is 0 Å². The Kier molecular flexibility index (Phi) is 5.03. The van der Waals surface area contributed by atoms with Crippen molar-refractivity contribution in [3.05, 3.63) is 39.7 Å². The molecule has 1 unspecified atom stereocenters. The van der Waals surface area contributed by atoms with Gasteiger partial charge < -0.3 is 10.2 Å². The second-order valence-corrected chi connectivity index (χ2v) is 5.35. The largest absolute Gasteiger partial charge is 0.313 e. The van der Waals surface area contributed by atoms with Crippen molar-refractivity contribution >= 4 is 5.69 Å². The maximum Gasteiger partial charge on any atom is 0.305 e. The van der Waals surface area contributed by atoms with Crippen LogP contribution in [0.15, 0.2) is 18.2 Å². The Bertz CT molecular complexity index is 475. The van der Waals surface area contributed by atoms with Crippen molar-refractivity contribution in [2.75, 3.05) is 20.1 Å². The van der Waals surface area contributed by atoms with E-state index < -0.39 is 16.4 Å². The fraction of sp³-hybridized carbons (Fsp3) is 0.571. The fourth-order valence-electron chi connectivity index (χ4n) is 2.64. The molecule has 0 aromatic heterocycles. The van der Waals surface area contributed by atoms with Crippen molar-refractivity contribution in [3.8, 4) is 0 Å². The van der Waals surface area contributed by atoms with Gasteiger partial charge in [-0.1, -0.05) is 18.6 Å². The normalized spacial score (nSPS) is 19.2. The lowest BCUT2D eigenvalue weighted by Crippen LogP contribution is -2.42. The van der Waals surface area contributed by atoms with Gasteiger partial charge in [0.05, 0.1) is 4.92 Å². The number of piperidine rings is 1. The van der Waals surface area contributed by atoms with Crippen LogP contribution in [0.4, 0.5) is 10.1 Å². The molecule has 110 valence electrons. The minimum atomic E-state index is -0.721. The molecular formula is C14H20FN3O2. The molecule has 0 bridgehead atoms. The molecule has 0 spiro atoms. The first kappa shape index (κ1) is 14.9. The molecule has 2 rings (SSSR count). The van der Waals surface area contributed by atoms with E-state index in [0.717, 1.165) is 19.5 Å². The minimum Gasteiger partial charge on any atom is -0.313 e. The van der Waals surface area contributed by atoms with Gasteiger partial charge in [0.1, 0.15) is 0 Å². The van der Waals surface area contributed by atoms with E-state index in [0.29, 0.717) is 18.2 Å². The predicted octanol–water partition coefficient (Wildman–Crippen LogP) is 2.31. The number of benzene rings is 1. The molecule has 1 aliphatic heterocycles. The highest BCUT2D eigenvalue weighted by Gasteiger charge is 2.19. The molecule has 1 saturated heterocycles. The van der Waals surface area contributed by atoms with E-state index in [9.17, 15) is 14.5 Å². The van der Waals surface area contributed by atoms with Gasteiger partial charge in [0, 0.05) is 30.8 Å². The number of rotatable bonds is 5. The predicted molar refractivity (Wildman–Crippen MR) is 75.0 cm³/mol. The summed E-state index contributed by atoms with van der Waals surface area (Å²) < 4.78 is 14.0. The average Bonchev–Trinajstić information content (AvgIpc) is 2.42. The number of likely N-dealkylation sites (N-methyl/N-ethyl adjacent to an activating group) is 1. The zero-order valence-electron chi connectivity index (χ0n) is 11.6. The summed E-state index contributed by atoms with van der Waals surface area (Å²) in [6.45, 7) is 2.23. The first-order chi connectivity index (χ1) is 9.58. The van der Waals surface area contributed by atoms with Gasteiger partial charge in [-0.2, -0.15) is 4.39 Å². The molecule has 1 N–H and O–H groups in total. The van der Waals surface area contributed by atoms with Crippen molar-refractivity contribution in [1.29, 1.82) is 0 Å². The lowest BCUT2D eigenvalue weighted by molar-refractivity contribution is -0.387. The van der Waals surface area contributed by atoms with Crippen molar-refractivity contribution in [1.82, 2.24) is 10.2 Å². The maximum atomic E-state index is 14.0. The third kappa shape index (κ3) is 3.74. The van der Waals surface area contributed by atoms with Crippen LogP contribution in [0.1, 0.15) is 24.8 Å². The van der Waals surface area contributed by atoms with Crippen LogP contribution in [0.5, 0.6) is 0 Å². The van der Waals surface area contributed by atoms with E-state index in [2.05, 4.69) is 5.32 Å². The SMILES string of the molecule is CN(Cc1cccc([N+](=O)[O-])c1F)CC1CCCCN1. The summed E-state index contributed by atoms with van der Waals surface area (Å²) in [6, 6.07) is 4.76. The number of hydrogen-bond donors (Lipinski definition) is 1. The number of nitrogens with one attached hydrogen (secondary N) is 1. The van der Waals surface area contributed by atoms with Crippen LogP contribution in [0.3, 0.4) is 0 Å². The highest BCUT2D eigenvalue weighted by Crippen LogP contribution is 2.21. The van der Waals surface area contributed by atoms with Crippen molar-refractivity contribution in [2.45, 2.75) is 31.8 Å². The van der Waals surface area contributed by atoms with Gasteiger partial charge in [-0.3, -0.25) is 10.1 Å². The molecule has 1 atom stereocenters. The smallest absolute Gasteiger partial charge is 0.305 e. The van der Waals surface area contributed by atoms with Gasteiger partial charge in [-0.05, 0) is 26.4 Å². The number of nitro groups is 1. The molecule has 1 aliphatic rings. The van der Waals surface area contributed by atoms with Crippen LogP contribution in [-0.4, -0.2) is 36.0 Å². The van der Waals surface area contributed by atoms with Crippen LogP contribution in [-0.2, 0) is 6.54 Å². The van der Waals surface area contributed by atoms with Crippen LogP contribution in [0.25, 0.3) is 0 Å². The molecule has 6 heteroatoms. The number of halogens is 1. The number of nitrogens with zero attached hydrogens (tertiary/aromatic N) is 2. The minimum absolute atomic E-state index is 0.373. The van der Waals surface area contributed by atoms with Crippen molar-refractivity contribution < 1.29 is 9.31 Å². The molecular weight excluding hydrogens is 261 g/mol. The van der Waals surface area contributed by atoms with E-state index in [1.165, 1.54) is 25.0 Å². The Balaban J connectivity index is 1.98. The van der Waals surface area contributed by atoms with Crippen LogP contribution < -0.4 is 5.32 Å². The van der Waals surface area contributed by atoms with Gasteiger partial charge in [0.2, 0.25) is 5.82 Å². The molecule has 1 fully saturated rings.